The number of carboxylic acid groups (broad SMARTS) is 1. The lowest BCUT2D eigenvalue weighted by atomic mass is 9.89. The SMILES string of the molecule is O=C(O)C1(C(=O)OC2c3ccccc3-c3ccccc32)CCCCN1. The normalized spacial score (nSPS) is 22.1. The molecule has 5 nitrogen and oxygen atoms in total. The molecule has 1 fully saturated rings. The van der Waals surface area contributed by atoms with E-state index in [-0.39, 0.29) is 6.42 Å². The van der Waals surface area contributed by atoms with Crippen molar-refractivity contribution in [2.75, 3.05) is 6.54 Å². The van der Waals surface area contributed by atoms with Gasteiger partial charge in [-0.25, -0.2) is 9.59 Å². The summed E-state index contributed by atoms with van der Waals surface area (Å²) in [7, 11) is 0. The second-order valence-electron chi connectivity index (χ2n) is 6.55. The van der Waals surface area contributed by atoms with Crippen molar-refractivity contribution in [3.05, 3.63) is 59.7 Å². The summed E-state index contributed by atoms with van der Waals surface area (Å²) in [5, 5.41) is 12.5. The number of benzene rings is 2. The van der Waals surface area contributed by atoms with Crippen LogP contribution < -0.4 is 5.32 Å². The highest BCUT2D eigenvalue weighted by Crippen LogP contribution is 2.45. The third-order valence-corrected chi connectivity index (χ3v) is 5.12. The van der Waals surface area contributed by atoms with Crippen LogP contribution in [-0.4, -0.2) is 29.1 Å². The topological polar surface area (TPSA) is 75.6 Å². The van der Waals surface area contributed by atoms with E-state index in [0.29, 0.717) is 13.0 Å². The largest absolute Gasteiger partial charge is 0.479 e. The van der Waals surface area contributed by atoms with E-state index >= 15 is 0 Å². The molecular weight excluding hydrogens is 318 g/mol. The lowest BCUT2D eigenvalue weighted by Crippen LogP contribution is -2.61. The Hall–Kier alpha value is -2.66. The van der Waals surface area contributed by atoms with Gasteiger partial charge in [0.05, 0.1) is 0 Å². The minimum atomic E-state index is -1.65. The first kappa shape index (κ1) is 15.8. The van der Waals surface area contributed by atoms with E-state index in [1.165, 1.54) is 0 Å². The maximum Gasteiger partial charge on any atom is 0.339 e. The summed E-state index contributed by atoms with van der Waals surface area (Å²) in [6.07, 6.45) is 1.22. The number of aliphatic carboxylic acids is 1. The number of fused-ring (bicyclic) bond motifs is 3. The third kappa shape index (κ3) is 2.43. The average molecular weight is 337 g/mol. The number of carbonyl (C=O) groups is 2. The number of nitrogens with one attached hydrogen (secondary N) is 1. The van der Waals surface area contributed by atoms with Gasteiger partial charge in [0.2, 0.25) is 5.54 Å². The zero-order chi connectivity index (χ0) is 17.4. The molecule has 0 spiro atoms. The van der Waals surface area contributed by atoms with Gasteiger partial charge in [0.1, 0.15) is 0 Å². The molecule has 1 heterocycles. The summed E-state index contributed by atoms with van der Waals surface area (Å²) in [4.78, 5) is 24.7. The van der Waals surface area contributed by atoms with E-state index in [1.54, 1.807) is 0 Å². The van der Waals surface area contributed by atoms with Gasteiger partial charge < -0.3 is 9.84 Å². The van der Waals surface area contributed by atoms with Crippen LogP contribution in [0.3, 0.4) is 0 Å². The summed E-state index contributed by atoms with van der Waals surface area (Å²) in [5.74, 6) is -1.88. The summed E-state index contributed by atoms with van der Waals surface area (Å²) >= 11 is 0. The molecule has 0 bridgehead atoms. The van der Waals surface area contributed by atoms with Gasteiger partial charge in [-0.3, -0.25) is 5.32 Å². The first-order valence-electron chi connectivity index (χ1n) is 8.51. The predicted molar refractivity (Wildman–Crippen MR) is 92.0 cm³/mol. The first-order valence-corrected chi connectivity index (χ1v) is 8.51. The van der Waals surface area contributed by atoms with Gasteiger partial charge in [0.25, 0.3) is 0 Å². The number of ether oxygens (including phenoxy) is 1. The standard InChI is InChI=1S/C20H19NO4/c22-18(23)20(11-5-6-12-21-20)19(24)25-17-15-9-3-1-7-13(15)14-8-2-4-10-16(14)17/h1-4,7-10,17,21H,5-6,11-12H2,(H,22,23). The van der Waals surface area contributed by atoms with Crippen molar-refractivity contribution in [3.63, 3.8) is 0 Å². The molecule has 0 saturated carbocycles. The van der Waals surface area contributed by atoms with Gasteiger partial charge in [-0.05, 0) is 36.9 Å². The van der Waals surface area contributed by atoms with E-state index in [2.05, 4.69) is 5.32 Å². The third-order valence-electron chi connectivity index (χ3n) is 5.12. The molecule has 1 atom stereocenters. The van der Waals surface area contributed by atoms with Crippen LogP contribution in [0.1, 0.15) is 36.5 Å². The number of esters is 1. The molecular formula is C20H19NO4. The molecule has 5 heteroatoms. The Morgan fingerprint density at radius 1 is 1.00 bits per heavy atom. The van der Waals surface area contributed by atoms with Gasteiger partial charge in [-0.1, -0.05) is 48.5 Å². The molecule has 1 aliphatic heterocycles. The minimum absolute atomic E-state index is 0.247. The summed E-state index contributed by atoms with van der Waals surface area (Å²) in [5.41, 5.74) is 2.20. The lowest BCUT2D eigenvalue weighted by molar-refractivity contribution is -0.167. The van der Waals surface area contributed by atoms with Crippen LogP contribution in [-0.2, 0) is 14.3 Å². The van der Waals surface area contributed by atoms with Gasteiger partial charge in [0, 0.05) is 11.1 Å². The molecule has 4 rings (SSSR count). The van der Waals surface area contributed by atoms with Gasteiger partial charge in [-0.2, -0.15) is 0 Å². The highest BCUT2D eigenvalue weighted by atomic mass is 16.5. The highest BCUT2D eigenvalue weighted by molar-refractivity contribution is 6.04. The molecule has 2 aliphatic rings. The molecule has 2 N–H and O–H groups in total. The number of hydrogen-bond acceptors (Lipinski definition) is 4. The van der Waals surface area contributed by atoms with Crippen molar-refractivity contribution in [1.29, 1.82) is 0 Å². The van der Waals surface area contributed by atoms with Crippen LogP contribution in [0, 0.1) is 0 Å². The fourth-order valence-corrected chi connectivity index (χ4v) is 3.79. The van der Waals surface area contributed by atoms with Gasteiger partial charge in [-0.15, -0.1) is 0 Å². The Bertz CT molecular complexity index is 794. The second-order valence-corrected chi connectivity index (χ2v) is 6.55. The van der Waals surface area contributed by atoms with E-state index in [9.17, 15) is 14.7 Å². The Balaban J connectivity index is 1.71. The Kier molecular flexibility index (Phi) is 3.81. The zero-order valence-corrected chi connectivity index (χ0v) is 13.7. The Morgan fingerprint density at radius 2 is 1.60 bits per heavy atom. The monoisotopic (exact) mass is 337 g/mol. The second kappa shape index (κ2) is 6.01. The number of carbonyl (C=O) groups excluding carboxylic acids is 1. The molecule has 0 amide bonds. The average Bonchev–Trinajstić information content (AvgIpc) is 2.96. The van der Waals surface area contributed by atoms with Crippen LogP contribution in [0.5, 0.6) is 0 Å². The predicted octanol–water partition coefficient (Wildman–Crippen LogP) is 2.90. The fourth-order valence-electron chi connectivity index (χ4n) is 3.79. The molecule has 1 aliphatic carbocycles. The number of rotatable bonds is 3. The number of piperidine rings is 1. The summed E-state index contributed by atoms with van der Waals surface area (Å²) < 4.78 is 5.79. The van der Waals surface area contributed by atoms with Crippen LogP contribution in [0.25, 0.3) is 11.1 Å². The lowest BCUT2D eigenvalue weighted by Gasteiger charge is -2.33. The van der Waals surface area contributed by atoms with Gasteiger partial charge in [0.15, 0.2) is 6.10 Å². The van der Waals surface area contributed by atoms with Crippen molar-refractivity contribution in [2.45, 2.75) is 30.9 Å². The van der Waals surface area contributed by atoms with Crippen molar-refractivity contribution < 1.29 is 19.4 Å². The minimum Gasteiger partial charge on any atom is -0.479 e. The number of hydrogen-bond donors (Lipinski definition) is 2. The molecule has 1 unspecified atom stereocenters. The van der Waals surface area contributed by atoms with Crippen molar-refractivity contribution in [1.82, 2.24) is 5.32 Å². The smallest absolute Gasteiger partial charge is 0.339 e. The molecule has 25 heavy (non-hydrogen) atoms. The Labute approximate surface area is 145 Å². The summed E-state index contributed by atoms with van der Waals surface area (Å²) in [6, 6.07) is 15.5. The zero-order valence-electron chi connectivity index (χ0n) is 13.7. The molecule has 0 radical (unpaired) electrons. The van der Waals surface area contributed by atoms with E-state index < -0.39 is 23.6 Å². The number of carboxylic acids is 1. The molecule has 1 saturated heterocycles. The van der Waals surface area contributed by atoms with Gasteiger partial charge >= 0.3 is 11.9 Å². The van der Waals surface area contributed by atoms with Crippen LogP contribution in [0.15, 0.2) is 48.5 Å². The van der Waals surface area contributed by atoms with E-state index in [0.717, 1.165) is 28.7 Å². The van der Waals surface area contributed by atoms with Crippen LogP contribution >= 0.6 is 0 Å². The van der Waals surface area contributed by atoms with E-state index in [1.807, 2.05) is 48.5 Å². The molecule has 2 aromatic rings. The summed E-state index contributed by atoms with van der Waals surface area (Å²) in [6.45, 7) is 0.499. The Morgan fingerprint density at radius 3 is 2.12 bits per heavy atom. The first-order chi connectivity index (χ1) is 12.1. The quantitative estimate of drug-likeness (QED) is 0.665. The molecule has 2 aromatic carbocycles. The maximum absolute atomic E-state index is 12.9. The highest BCUT2D eigenvalue weighted by Gasteiger charge is 2.50. The molecule has 128 valence electrons. The van der Waals surface area contributed by atoms with Crippen LogP contribution in [0.2, 0.25) is 0 Å². The fraction of sp³-hybridized carbons (Fsp3) is 0.300. The maximum atomic E-state index is 12.9. The molecule has 0 aromatic heterocycles. The van der Waals surface area contributed by atoms with Crippen molar-refractivity contribution in [3.8, 4) is 11.1 Å². The van der Waals surface area contributed by atoms with Crippen LogP contribution in [0.4, 0.5) is 0 Å². The van der Waals surface area contributed by atoms with E-state index in [4.69, 9.17) is 4.74 Å². The van der Waals surface area contributed by atoms with Crippen molar-refractivity contribution >= 4 is 11.9 Å². The van der Waals surface area contributed by atoms with Crippen molar-refractivity contribution in [2.24, 2.45) is 0 Å².